The first kappa shape index (κ1) is 17.3. The summed E-state index contributed by atoms with van der Waals surface area (Å²) in [4.78, 5) is 14.4. The van der Waals surface area contributed by atoms with E-state index in [0.29, 0.717) is 12.3 Å². The van der Waals surface area contributed by atoms with E-state index in [1.54, 1.807) is 12.0 Å². The van der Waals surface area contributed by atoms with Crippen molar-refractivity contribution in [3.8, 4) is 5.75 Å². The Morgan fingerprint density at radius 1 is 1.28 bits per heavy atom. The number of ether oxygens (including phenoxy) is 1. The van der Waals surface area contributed by atoms with Crippen LogP contribution in [0, 0.1) is 0 Å². The third-order valence-corrected chi connectivity index (χ3v) is 4.40. The van der Waals surface area contributed by atoms with E-state index in [1.807, 2.05) is 24.3 Å². The Bertz CT molecular complexity index is 768. The molecule has 1 atom stereocenters. The number of hydrogen-bond donors (Lipinski definition) is 0. The van der Waals surface area contributed by atoms with Crippen LogP contribution in [0.5, 0.6) is 5.75 Å². The standard InChI is InChI=1S/C17H18F3N3O2/c1-22-14(10-15(21-22)17(18,19)20)16(24)23-9-3-4-13(23)11-5-7-12(25-2)8-6-11/h5-8,10,13H,3-4,9H2,1-2H3/t13-/m0/s1. The summed E-state index contributed by atoms with van der Waals surface area (Å²) in [7, 11) is 2.92. The van der Waals surface area contributed by atoms with Crippen molar-refractivity contribution in [3.63, 3.8) is 0 Å². The lowest BCUT2D eigenvalue weighted by Gasteiger charge is -2.25. The SMILES string of the molecule is COc1ccc([C@@H]2CCCN2C(=O)c2cc(C(F)(F)F)nn2C)cc1. The lowest BCUT2D eigenvalue weighted by molar-refractivity contribution is -0.141. The molecule has 0 bridgehead atoms. The molecule has 0 aliphatic carbocycles. The molecular formula is C17H18F3N3O2. The molecule has 1 saturated heterocycles. The maximum atomic E-state index is 12.8. The van der Waals surface area contributed by atoms with Gasteiger partial charge in [0.05, 0.1) is 13.2 Å². The van der Waals surface area contributed by atoms with E-state index in [9.17, 15) is 18.0 Å². The van der Waals surface area contributed by atoms with E-state index in [2.05, 4.69) is 5.10 Å². The van der Waals surface area contributed by atoms with Crippen molar-refractivity contribution in [2.45, 2.75) is 25.1 Å². The molecule has 2 aromatic rings. The quantitative estimate of drug-likeness (QED) is 0.849. The molecule has 1 amide bonds. The first-order chi connectivity index (χ1) is 11.8. The number of hydrogen-bond acceptors (Lipinski definition) is 3. The fourth-order valence-corrected chi connectivity index (χ4v) is 3.14. The fourth-order valence-electron chi connectivity index (χ4n) is 3.14. The number of benzene rings is 1. The van der Waals surface area contributed by atoms with E-state index in [0.717, 1.165) is 29.2 Å². The minimum Gasteiger partial charge on any atom is -0.497 e. The van der Waals surface area contributed by atoms with E-state index in [-0.39, 0.29) is 11.7 Å². The average Bonchev–Trinajstić information content (AvgIpc) is 3.20. The summed E-state index contributed by atoms with van der Waals surface area (Å²) in [5.74, 6) is 0.268. The number of carbonyl (C=O) groups excluding carboxylic acids is 1. The number of amides is 1. The van der Waals surface area contributed by atoms with Gasteiger partial charge in [-0.05, 0) is 30.5 Å². The Kier molecular flexibility index (Phi) is 4.45. The van der Waals surface area contributed by atoms with Gasteiger partial charge in [-0.2, -0.15) is 18.3 Å². The summed E-state index contributed by atoms with van der Waals surface area (Å²) in [6.07, 6.45) is -3.01. The minimum atomic E-state index is -4.57. The van der Waals surface area contributed by atoms with Gasteiger partial charge in [-0.15, -0.1) is 0 Å². The highest BCUT2D eigenvalue weighted by Crippen LogP contribution is 2.35. The number of rotatable bonds is 3. The maximum absolute atomic E-state index is 12.8. The minimum absolute atomic E-state index is 0.0623. The molecule has 8 heteroatoms. The number of alkyl halides is 3. The summed E-state index contributed by atoms with van der Waals surface area (Å²) in [5, 5.41) is 3.42. The van der Waals surface area contributed by atoms with Crippen molar-refractivity contribution in [2.75, 3.05) is 13.7 Å². The van der Waals surface area contributed by atoms with Crippen molar-refractivity contribution in [3.05, 3.63) is 47.3 Å². The molecule has 134 valence electrons. The van der Waals surface area contributed by atoms with Crippen molar-refractivity contribution < 1.29 is 22.7 Å². The second-order valence-corrected chi connectivity index (χ2v) is 5.97. The van der Waals surface area contributed by atoms with Crippen molar-refractivity contribution in [2.24, 2.45) is 7.05 Å². The number of aryl methyl sites for hydroxylation is 1. The van der Waals surface area contributed by atoms with Crippen LogP contribution in [0.3, 0.4) is 0 Å². The smallest absolute Gasteiger partial charge is 0.435 e. The normalized spacial score (nSPS) is 17.8. The Hall–Kier alpha value is -2.51. The van der Waals surface area contributed by atoms with E-state index >= 15 is 0 Å². The first-order valence-corrected chi connectivity index (χ1v) is 7.87. The molecule has 1 aliphatic rings. The van der Waals surface area contributed by atoms with Gasteiger partial charge in [0.2, 0.25) is 0 Å². The van der Waals surface area contributed by atoms with Gasteiger partial charge in [0.15, 0.2) is 5.69 Å². The number of aromatic nitrogens is 2. The largest absolute Gasteiger partial charge is 0.497 e. The lowest BCUT2D eigenvalue weighted by atomic mass is 10.0. The third-order valence-electron chi connectivity index (χ3n) is 4.40. The van der Waals surface area contributed by atoms with Gasteiger partial charge in [0, 0.05) is 19.7 Å². The Balaban J connectivity index is 1.87. The monoisotopic (exact) mass is 353 g/mol. The molecule has 1 aromatic heterocycles. The Morgan fingerprint density at radius 3 is 2.52 bits per heavy atom. The van der Waals surface area contributed by atoms with Crippen LogP contribution >= 0.6 is 0 Å². The van der Waals surface area contributed by atoms with Gasteiger partial charge in [-0.1, -0.05) is 12.1 Å². The van der Waals surface area contributed by atoms with Crippen LogP contribution in [0.15, 0.2) is 30.3 Å². The molecule has 5 nitrogen and oxygen atoms in total. The molecular weight excluding hydrogens is 335 g/mol. The molecule has 2 heterocycles. The Morgan fingerprint density at radius 2 is 1.96 bits per heavy atom. The predicted octanol–water partition coefficient (Wildman–Crippen LogP) is 3.42. The molecule has 1 aromatic carbocycles. The second-order valence-electron chi connectivity index (χ2n) is 5.97. The Labute approximate surface area is 143 Å². The third kappa shape index (κ3) is 3.33. The maximum Gasteiger partial charge on any atom is 0.435 e. The fraction of sp³-hybridized carbons (Fsp3) is 0.412. The van der Waals surface area contributed by atoms with Crippen LogP contribution in [0.25, 0.3) is 0 Å². The number of likely N-dealkylation sites (tertiary alicyclic amines) is 1. The summed E-state index contributed by atoms with van der Waals surface area (Å²) < 4.78 is 44.6. The average molecular weight is 353 g/mol. The van der Waals surface area contributed by atoms with E-state index in [4.69, 9.17) is 4.74 Å². The first-order valence-electron chi connectivity index (χ1n) is 7.87. The molecule has 0 radical (unpaired) electrons. The second kappa shape index (κ2) is 6.42. The topological polar surface area (TPSA) is 47.4 Å². The number of nitrogens with zero attached hydrogens (tertiary/aromatic N) is 3. The van der Waals surface area contributed by atoms with Crippen molar-refractivity contribution in [1.82, 2.24) is 14.7 Å². The number of halogens is 3. The van der Waals surface area contributed by atoms with Crippen molar-refractivity contribution in [1.29, 1.82) is 0 Å². The van der Waals surface area contributed by atoms with Crippen LogP contribution in [0.2, 0.25) is 0 Å². The molecule has 0 saturated carbocycles. The van der Waals surface area contributed by atoms with Crippen LogP contribution in [0.1, 0.15) is 40.6 Å². The van der Waals surface area contributed by atoms with Crippen LogP contribution in [-0.2, 0) is 13.2 Å². The van der Waals surface area contributed by atoms with Crippen LogP contribution in [0.4, 0.5) is 13.2 Å². The number of carbonyl (C=O) groups is 1. The molecule has 1 aliphatic heterocycles. The molecule has 25 heavy (non-hydrogen) atoms. The number of methoxy groups -OCH3 is 1. The van der Waals surface area contributed by atoms with E-state index < -0.39 is 17.8 Å². The molecule has 0 spiro atoms. The van der Waals surface area contributed by atoms with Crippen molar-refractivity contribution >= 4 is 5.91 Å². The van der Waals surface area contributed by atoms with Gasteiger partial charge < -0.3 is 9.64 Å². The molecule has 0 N–H and O–H groups in total. The van der Waals surface area contributed by atoms with Gasteiger partial charge in [-0.3, -0.25) is 9.48 Å². The predicted molar refractivity (Wildman–Crippen MR) is 84.2 cm³/mol. The zero-order valence-electron chi connectivity index (χ0n) is 13.9. The summed E-state index contributed by atoms with van der Waals surface area (Å²) in [6, 6.07) is 8.01. The zero-order valence-corrected chi connectivity index (χ0v) is 13.9. The highest BCUT2D eigenvalue weighted by Gasteiger charge is 2.37. The van der Waals surface area contributed by atoms with Gasteiger partial charge >= 0.3 is 6.18 Å². The van der Waals surface area contributed by atoms with Gasteiger partial charge in [-0.25, -0.2) is 0 Å². The molecule has 1 fully saturated rings. The molecule has 3 rings (SSSR count). The highest BCUT2D eigenvalue weighted by molar-refractivity contribution is 5.93. The molecule has 0 unspecified atom stereocenters. The summed E-state index contributed by atoms with van der Waals surface area (Å²) >= 11 is 0. The zero-order chi connectivity index (χ0) is 18.2. The van der Waals surface area contributed by atoms with Gasteiger partial charge in [0.25, 0.3) is 5.91 Å². The van der Waals surface area contributed by atoms with Crippen LogP contribution < -0.4 is 4.74 Å². The summed E-state index contributed by atoms with van der Waals surface area (Å²) in [5.41, 5.74) is -0.184. The lowest BCUT2D eigenvalue weighted by Crippen LogP contribution is -2.32. The van der Waals surface area contributed by atoms with Crippen LogP contribution in [-0.4, -0.2) is 34.2 Å². The summed E-state index contributed by atoms with van der Waals surface area (Å²) in [6.45, 7) is 0.502. The van der Waals surface area contributed by atoms with Gasteiger partial charge in [0.1, 0.15) is 11.4 Å². The highest BCUT2D eigenvalue weighted by atomic mass is 19.4. The van der Waals surface area contributed by atoms with E-state index in [1.165, 1.54) is 7.05 Å².